The van der Waals surface area contributed by atoms with Gasteiger partial charge in [0.25, 0.3) is 0 Å². The number of hydrogen-bond donors (Lipinski definition) is 1. The highest BCUT2D eigenvalue weighted by Crippen LogP contribution is 2.17. The van der Waals surface area contributed by atoms with E-state index in [4.69, 9.17) is 5.73 Å². The smallest absolute Gasteiger partial charge is 0.160 e. The Morgan fingerprint density at radius 1 is 1.10 bits per heavy atom. The van der Waals surface area contributed by atoms with Crippen molar-refractivity contribution < 1.29 is 0 Å². The predicted octanol–water partition coefficient (Wildman–Crippen LogP) is 2.56. The molecule has 2 aromatic heterocycles. The average molecular weight is 266 g/mol. The lowest BCUT2D eigenvalue weighted by Gasteiger charge is -2.07. The number of rotatable bonds is 3. The van der Waals surface area contributed by atoms with E-state index in [1.165, 1.54) is 5.56 Å². The van der Waals surface area contributed by atoms with Crippen molar-refractivity contribution in [2.45, 2.75) is 26.9 Å². The van der Waals surface area contributed by atoms with E-state index in [9.17, 15) is 0 Å². The maximum Gasteiger partial charge on any atom is 0.160 e. The van der Waals surface area contributed by atoms with Crippen molar-refractivity contribution in [3.8, 4) is 0 Å². The number of aromatic nitrogens is 3. The number of fused-ring (bicyclic) bond motifs is 1. The van der Waals surface area contributed by atoms with Crippen molar-refractivity contribution in [2.24, 2.45) is 5.73 Å². The van der Waals surface area contributed by atoms with Gasteiger partial charge in [-0.25, -0.2) is 9.97 Å². The van der Waals surface area contributed by atoms with Crippen molar-refractivity contribution in [3.63, 3.8) is 0 Å². The average Bonchev–Trinajstić information content (AvgIpc) is 2.75. The van der Waals surface area contributed by atoms with Crippen LogP contribution in [0, 0.1) is 13.8 Å². The van der Waals surface area contributed by atoms with Crippen LogP contribution in [-0.2, 0) is 13.1 Å². The minimum absolute atomic E-state index is 0.578. The quantitative estimate of drug-likeness (QED) is 0.792. The first-order valence-electron chi connectivity index (χ1n) is 6.75. The van der Waals surface area contributed by atoms with Crippen LogP contribution in [0.2, 0.25) is 0 Å². The fourth-order valence-electron chi connectivity index (χ4n) is 2.38. The monoisotopic (exact) mass is 266 g/mol. The Hall–Kier alpha value is -2.20. The molecule has 0 radical (unpaired) electrons. The second-order valence-electron chi connectivity index (χ2n) is 5.12. The summed E-state index contributed by atoms with van der Waals surface area (Å²) in [5.41, 5.74) is 11.0. The molecule has 2 heterocycles. The molecule has 2 N–H and O–H groups in total. The van der Waals surface area contributed by atoms with Gasteiger partial charge < -0.3 is 10.3 Å². The van der Waals surface area contributed by atoms with E-state index in [-0.39, 0.29) is 0 Å². The van der Waals surface area contributed by atoms with Crippen molar-refractivity contribution in [2.75, 3.05) is 0 Å². The van der Waals surface area contributed by atoms with Crippen LogP contribution in [-0.4, -0.2) is 14.5 Å². The van der Waals surface area contributed by atoms with Crippen LogP contribution in [0.4, 0.5) is 0 Å². The van der Waals surface area contributed by atoms with Crippen molar-refractivity contribution >= 4 is 11.2 Å². The highest BCUT2D eigenvalue weighted by Gasteiger charge is 2.09. The van der Waals surface area contributed by atoms with Gasteiger partial charge >= 0.3 is 0 Å². The summed E-state index contributed by atoms with van der Waals surface area (Å²) in [6.45, 7) is 5.41. The van der Waals surface area contributed by atoms with Crippen LogP contribution in [0.25, 0.3) is 11.2 Å². The Morgan fingerprint density at radius 3 is 2.50 bits per heavy atom. The predicted molar refractivity (Wildman–Crippen MR) is 80.4 cm³/mol. The summed E-state index contributed by atoms with van der Waals surface area (Å²) >= 11 is 0. The van der Waals surface area contributed by atoms with Crippen LogP contribution in [0.15, 0.2) is 36.5 Å². The van der Waals surface area contributed by atoms with Gasteiger partial charge in [-0.15, -0.1) is 0 Å². The molecule has 0 amide bonds. The number of aryl methyl sites for hydroxylation is 2. The Morgan fingerprint density at radius 2 is 1.80 bits per heavy atom. The molecule has 3 aromatic rings. The molecule has 0 unspecified atom stereocenters. The molecule has 4 nitrogen and oxygen atoms in total. The van der Waals surface area contributed by atoms with E-state index < -0.39 is 0 Å². The number of benzene rings is 1. The Bertz CT molecular complexity index is 741. The minimum Gasteiger partial charge on any atom is -0.326 e. The van der Waals surface area contributed by atoms with E-state index in [1.54, 1.807) is 0 Å². The third-order valence-electron chi connectivity index (χ3n) is 3.51. The van der Waals surface area contributed by atoms with Crippen LogP contribution >= 0.6 is 0 Å². The first-order valence-corrected chi connectivity index (χ1v) is 6.75. The molecule has 0 bridgehead atoms. The van der Waals surface area contributed by atoms with Gasteiger partial charge in [0.1, 0.15) is 11.3 Å². The lowest BCUT2D eigenvalue weighted by Crippen LogP contribution is -2.03. The van der Waals surface area contributed by atoms with Crippen LogP contribution < -0.4 is 5.73 Å². The third-order valence-corrected chi connectivity index (χ3v) is 3.51. The molecule has 102 valence electrons. The van der Waals surface area contributed by atoms with Gasteiger partial charge in [0.05, 0.1) is 6.54 Å². The third kappa shape index (κ3) is 2.30. The second-order valence-corrected chi connectivity index (χ2v) is 5.12. The summed E-state index contributed by atoms with van der Waals surface area (Å²) in [7, 11) is 0. The summed E-state index contributed by atoms with van der Waals surface area (Å²) in [4.78, 5) is 9.10. The first kappa shape index (κ1) is 12.8. The maximum absolute atomic E-state index is 5.62. The zero-order chi connectivity index (χ0) is 14.1. The molecule has 0 saturated carbocycles. The lowest BCUT2D eigenvalue weighted by atomic mass is 10.1. The molecule has 4 heteroatoms. The van der Waals surface area contributed by atoms with Gasteiger partial charge in [0.2, 0.25) is 0 Å². The lowest BCUT2D eigenvalue weighted by molar-refractivity contribution is 0.776. The molecule has 1 aromatic carbocycles. The second kappa shape index (κ2) is 5.06. The molecular weight excluding hydrogens is 248 g/mol. The molecule has 0 aliphatic carbocycles. The Balaban J connectivity index is 1.99. The number of pyridine rings is 1. The SMILES string of the molecule is Cc1cnc2c(c1)nc(C)n2Cc1ccc(CN)cc1. The molecule has 0 aliphatic rings. The summed E-state index contributed by atoms with van der Waals surface area (Å²) in [6, 6.07) is 10.4. The Kier molecular flexibility index (Phi) is 3.24. The van der Waals surface area contributed by atoms with Crippen molar-refractivity contribution in [1.82, 2.24) is 14.5 Å². The van der Waals surface area contributed by atoms with Crippen LogP contribution in [0.1, 0.15) is 22.5 Å². The van der Waals surface area contributed by atoms with Crippen LogP contribution in [0.5, 0.6) is 0 Å². The molecule has 20 heavy (non-hydrogen) atoms. The molecule has 0 aliphatic heterocycles. The summed E-state index contributed by atoms with van der Waals surface area (Å²) in [5.74, 6) is 0.987. The first-order chi connectivity index (χ1) is 9.67. The molecular formula is C16H18N4. The zero-order valence-electron chi connectivity index (χ0n) is 11.8. The van der Waals surface area contributed by atoms with E-state index in [0.29, 0.717) is 6.54 Å². The fourth-order valence-corrected chi connectivity index (χ4v) is 2.38. The summed E-state index contributed by atoms with van der Waals surface area (Å²) < 4.78 is 2.15. The van der Waals surface area contributed by atoms with E-state index in [1.807, 2.05) is 20.0 Å². The number of nitrogens with two attached hydrogens (primary N) is 1. The van der Waals surface area contributed by atoms with E-state index in [2.05, 4.69) is 44.9 Å². The maximum atomic E-state index is 5.62. The summed E-state index contributed by atoms with van der Waals surface area (Å²) in [5, 5.41) is 0. The molecule has 0 spiro atoms. The largest absolute Gasteiger partial charge is 0.326 e. The van der Waals surface area contributed by atoms with Gasteiger partial charge in [0, 0.05) is 12.7 Å². The van der Waals surface area contributed by atoms with Crippen LogP contribution in [0.3, 0.4) is 0 Å². The molecule has 0 atom stereocenters. The van der Waals surface area contributed by atoms with E-state index in [0.717, 1.165) is 34.7 Å². The van der Waals surface area contributed by atoms with Gasteiger partial charge in [-0.2, -0.15) is 0 Å². The molecule has 0 saturated heterocycles. The van der Waals surface area contributed by atoms with Crippen molar-refractivity contribution in [3.05, 3.63) is 59.0 Å². The number of imidazole rings is 1. The van der Waals surface area contributed by atoms with Gasteiger partial charge in [-0.1, -0.05) is 24.3 Å². The summed E-state index contributed by atoms with van der Waals surface area (Å²) in [6.07, 6.45) is 1.89. The standard InChI is InChI=1S/C16H18N4/c1-11-7-15-16(18-9-11)20(12(2)19-15)10-14-5-3-13(8-17)4-6-14/h3-7,9H,8,10,17H2,1-2H3. The highest BCUT2D eigenvalue weighted by molar-refractivity contribution is 5.72. The van der Waals surface area contributed by atoms with Crippen molar-refractivity contribution in [1.29, 1.82) is 0 Å². The highest BCUT2D eigenvalue weighted by atomic mass is 15.1. The normalized spacial score (nSPS) is 11.2. The molecule has 0 fully saturated rings. The Labute approximate surface area is 118 Å². The number of hydrogen-bond acceptors (Lipinski definition) is 3. The number of nitrogens with zero attached hydrogens (tertiary/aromatic N) is 3. The fraction of sp³-hybridized carbons (Fsp3) is 0.250. The topological polar surface area (TPSA) is 56.7 Å². The van der Waals surface area contributed by atoms with E-state index >= 15 is 0 Å². The minimum atomic E-state index is 0.578. The van der Waals surface area contributed by atoms with Gasteiger partial charge in [-0.05, 0) is 36.6 Å². The zero-order valence-corrected chi connectivity index (χ0v) is 11.8. The van der Waals surface area contributed by atoms with Gasteiger partial charge in [-0.3, -0.25) is 0 Å². The van der Waals surface area contributed by atoms with Gasteiger partial charge in [0.15, 0.2) is 5.65 Å². The molecule has 3 rings (SSSR count).